The number of allylic oxidation sites excluding steroid dienone is 7. The highest BCUT2D eigenvalue weighted by molar-refractivity contribution is 5.76. The van der Waals surface area contributed by atoms with Crippen molar-refractivity contribution in [3.05, 3.63) is 48.6 Å². The highest BCUT2D eigenvalue weighted by atomic mass is 16.7. The number of unbranched alkanes of at least 4 members (excludes halogenated alkanes) is 50. The predicted molar refractivity (Wildman–Crippen MR) is 384 cm³/mol. The highest BCUT2D eigenvalue weighted by Crippen LogP contribution is 2.24. The normalized spacial score (nSPS) is 17.8. The number of aliphatic hydroxyl groups is 5. The van der Waals surface area contributed by atoms with Gasteiger partial charge in [-0.3, -0.25) is 9.59 Å². The van der Waals surface area contributed by atoms with Crippen LogP contribution in [0.5, 0.6) is 0 Å². The molecule has 91 heavy (non-hydrogen) atoms. The van der Waals surface area contributed by atoms with Crippen molar-refractivity contribution in [2.75, 3.05) is 19.8 Å². The third-order valence-electron chi connectivity index (χ3n) is 18.7. The summed E-state index contributed by atoms with van der Waals surface area (Å²) in [6.45, 7) is 4.32. The van der Waals surface area contributed by atoms with Crippen LogP contribution in [0, 0.1) is 0 Å². The Morgan fingerprint density at radius 2 is 0.747 bits per heavy atom. The van der Waals surface area contributed by atoms with E-state index in [-0.39, 0.29) is 18.5 Å². The zero-order valence-electron chi connectivity index (χ0n) is 59.6. The zero-order valence-corrected chi connectivity index (χ0v) is 59.6. The summed E-state index contributed by atoms with van der Waals surface area (Å²) in [6.07, 6.45) is 81.7. The van der Waals surface area contributed by atoms with Gasteiger partial charge in [0, 0.05) is 12.8 Å². The summed E-state index contributed by atoms with van der Waals surface area (Å²) in [5, 5.41) is 54.3. The van der Waals surface area contributed by atoms with Gasteiger partial charge in [0.1, 0.15) is 24.4 Å². The molecule has 6 N–H and O–H groups in total. The van der Waals surface area contributed by atoms with Crippen LogP contribution in [0.2, 0.25) is 0 Å². The molecule has 1 heterocycles. The van der Waals surface area contributed by atoms with Crippen LogP contribution in [0.1, 0.15) is 386 Å². The van der Waals surface area contributed by atoms with Crippen molar-refractivity contribution in [1.82, 2.24) is 5.32 Å². The second-order valence-corrected chi connectivity index (χ2v) is 27.4. The summed E-state index contributed by atoms with van der Waals surface area (Å²) in [5.74, 6) is -0.174. The molecule has 7 atom stereocenters. The molecule has 11 nitrogen and oxygen atoms in total. The average Bonchev–Trinajstić information content (AvgIpc) is 1.42. The number of nitrogens with one attached hydrogen (secondary N) is 1. The molecule has 0 aromatic heterocycles. The first kappa shape index (κ1) is 86.6. The van der Waals surface area contributed by atoms with Gasteiger partial charge in [0.15, 0.2) is 6.29 Å². The van der Waals surface area contributed by atoms with E-state index in [0.29, 0.717) is 19.4 Å². The molecule has 0 saturated carbocycles. The van der Waals surface area contributed by atoms with Crippen molar-refractivity contribution in [2.45, 2.75) is 429 Å². The number of carbonyl (C=O) groups is 2. The molecule has 0 radical (unpaired) electrons. The molecular weight excluding hydrogens is 1130 g/mol. The fourth-order valence-electron chi connectivity index (χ4n) is 12.5. The first-order valence-corrected chi connectivity index (χ1v) is 39.4. The van der Waals surface area contributed by atoms with E-state index >= 15 is 0 Å². The Morgan fingerprint density at radius 1 is 0.407 bits per heavy atom. The first-order valence-electron chi connectivity index (χ1n) is 39.4. The summed E-state index contributed by atoms with van der Waals surface area (Å²) in [7, 11) is 0. The fourth-order valence-corrected chi connectivity index (χ4v) is 12.5. The maximum absolute atomic E-state index is 13.0. The second-order valence-electron chi connectivity index (χ2n) is 27.4. The SMILES string of the molecule is CCCCC/C=C/CC/C=C/C(O)C(COC1OC(CO)C(O)C(O)C1O)NC(=O)CCCCCCCCCCCCCCCCCCC/C=C\C/C=C\CCCCCCCCCCCCCCCOC(=O)CCCCCCCCCCCCCCCCCCC. The second kappa shape index (κ2) is 69.0. The topological polar surface area (TPSA) is 175 Å². The van der Waals surface area contributed by atoms with E-state index in [9.17, 15) is 35.1 Å². The van der Waals surface area contributed by atoms with E-state index in [0.717, 1.165) is 57.8 Å². The Labute approximate surface area is 561 Å². The van der Waals surface area contributed by atoms with Crippen molar-refractivity contribution in [3.8, 4) is 0 Å². The number of esters is 1. The summed E-state index contributed by atoms with van der Waals surface area (Å²) < 4.78 is 16.7. The summed E-state index contributed by atoms with van der Waals surface area (Å²) >= 11 is 0. The van der Waals surface area contributed by atoms with Crippen LogP contribution in [-0.2, 0) is 23.8 Å². The maximum Gasteiger partial charge on any atom is 0.305 e. The number of hydrogen-bond acceptors (Lipinski definition) is 10. The number of hydrogen-bond donors (Lipinski definition) is 6. The van der Waals surface area contributed by atoms with Crippen LogP contribution in [0.3, 0.4) is 0 Å². The third kappa shape index (κ3) is 57.6. The van der Waals surface area contributed by atoms with Gasteiger partial charge in [-0.1, -0.05) is 345 Å². The molecule has 1 fully saturated rings. The van der Waals surface area contributed by atoms with Crippen molar-refractivity contribution >= 4 is 11.9 Å². The number of aliphatic hydroxyl groups excluding tert-OH is 5. The van der Waals surface area contributed by atoms with Crippen LogP contribution in [-0.4, -0.2) is 100 Å². The van der Waals surface area contributed by atoms with Crippen LogP contribution in [0.4, 0.5) is 0 Å². The van der Waals surface area contributed by atoms with Gasteiger partial charge in [-0.15, -0.1) is 0 Å². The standard InChI is InChI=1S/C80H149NO10/c1-3-5-7-9-11-13-14-15-16-38-42-45-48-52-56-60-64-68-76(85)89-69-65-61-57-53-49-46-43-40-37-35-33-31-29-27-25-23-21-19-17-18-20-22-24-26-28-30-32-34-36-39-41-44-47-51-55-59-63-67-75(84)81-72(73(83)66-62-58-54-50-12-10-8-6-4-2)71-90-80-79(88)78(87)77(86)74(70-82)91-80/h12,17,19,23,25,50,62,66,72-74,77-80,82-83,86-88H,3-11,13-16,18,20-22,24,26-49,51-61,63-65,67-71H2,1-2H3,(H,81,84)/b19-17-,25-23-,50-12+,66-62+. The number of ether oxygens (including phenoxy) is 3. The van der Waals surface area contributed by atoms with Crippen LogP contribution in [0.15, 0.2) is 48.6 Å². The van der Waals surface area contributed by atoms with Gasteiger partial charge >= 0.3 is 5.97 Å². The van der Waals surface area contributed by atoms with Crippen molar-refractivity contribution in [2.24, 2.45) is 0 Å². The minimum absolute atomic E-state index is 0.0168. The highest BCUT2D eigenvalue weighted by Gasteiger charge is 2.44. The maximum atomic E-state index is 13.0. The molecule has 1 saturated heterocycles. The lowest BCUT2D eigenvalue weighted by atomic mass is 9.99. The van der Waals surface area contributed by atoms with Crippen molar-refractivity contribution in [1.29, 1.82) is 0 Å². The van der Waals surface area contributed by atoms with Crippen molar-refractivity contribution < 1.29 is 49.3 Å². The minimum Gasteiger partial charge on any atom is -0.466 e. The van der Waals surface area contributed by atoms with Crippen LogP contribution in [0.25, 0.3) is 0 Å². The Kier molecular flexibility index (Phi) is 65.7. The van der Waals surface area contributed by atoms with E-state index < -0.39 is 49.5 Å². The van der Waals surface area contributed by atoms with Gasteiger partial charge < -0.3 is 45.1 Å². The summed E-state index contributed by atoms with van der Waals surface area (Å²) in [6, 6.07) is -0.825. The lowest BCUT2D eigenvalue weighted by Crippen LogP contribution is -2.60. The molecular formula is C80H149NO10. The Balaban J connectivity index is 1.87. The summed E-state index contributed by atoms with van der Waals surface area (Å²) in [5.41, 5.74) is 0. The molecule has 0 aliphatic carbocycles. The van der Waals surface area contributed by atoms with E-state index in [1.54, 1.807) is 6.08 Å². The molecule has 0 spiro atoms. The lowest BCUT2D eigenvalue weighted by Gasteiger charge is -2.40. The van der Waals surface area contributed by atoms with E-state index in [1.807, 2.05) is 6.08 Å². The molecule has 1 aliphatic rings. The van der Waals surface area contributed by atoms with Gasteiger partial charge in [-0.2, -0.15) is 0 Å². The third-order valence-corrected chi connectivity index (χ3v) is 18.7. The molecule has 1 rings (SSSR count). The molecule has 0 bridgehead atoms. The molecule has 11 heteroatoms. The number of amides is 1. The van der Waals surface area contributed by atoms with Crippen LogP contribution >= 0.6 is 0 Å². The largest absolute Gasteiger partial charge is 0.466 e. The Bertz CT molecular complexity index is 1650. The molecule has 0 aromatic carbocycles. The van der Waals surface area contributed by atoms with Gasteiger partial charge in [0.2, 0.25) is 5.91 Å². The fraction of sp³-hybridized carbons (Fsp3) is 0.875. The van der Waals surface area contributed by atoms with E-state index in [2.05, 4.69) is 55.6 Å². The molecule has 7 unspecified atom stereocenters. The quantitative estimate of drug-likeness (QED) is 0.0195. The predicted octanol–water partition coefficient (Wildman–Crippen LogP) is 21.1. The van der Waals surface area contributed by atoms with E-state index in [4.69, 9.17) is 14.2 Å². The van der Waals surface area contributed by atoms with E-state index in [1.165, 1.54) is 302 Å². The summed E-state index contributed by atoms with van der Waals surface area (Å²) in [4.78, 5) is 25.1. The Hall–Kier alpha value is -2.38. The lowest BCUT2D eigenvalue weighted by molar-refractivity contribution is -0.302. The van der Waals surface area contributed by atoms with Crippen LogP contribution < -0.4 is 5.32 Å². The van der Waals surface area contributed by atoms with Crippen molar-refractivity contribution in [3.63, 3.8) is 0 Å². The van der Waals surface area contributed by atoms with Gasteiger partial charge in [0.05, 0.1) is 32.0 Å². The average molecular weight is 1290 g/mol. The molecule has 534 valence electrons. The first-order chi connectivity index (χ1) is 44.7. The number of rotatable bonds is 70. The zero-order chi connectivity index (χ0) is 65.8. The Morgan fingerprint density at radius 3 is 1.18 bits per heavy atom. The minimum atomic E-state index is -1.57. The molecule has 1 aliphatic heterocycles. The monoisotopic (exact) mass is 1280 g/mol. The molecule has 1 amide bonds. The smallest absolute Gasteiger partial charge is 0.305 e. The van der Waals surface area contributed by atoms with Gasteiger partial charge in [-0.25, -0.2) is 0 Å². The van der Waals surface area contributed by atoms with Gasteiger partial charge in [-0.05, 0) is 77.0 Å². The van der Waals surface area contributed by atoms with Gasteiger partial charge in [0.25, 0.3) is 0 Å². The molecule has 0 aromatic rings. The number of carbonyl (C=O) groups excluding carboxylic acids is 2.